The molecule has 0 saturated heterocycles. The number of nitro benzene ring substituents is 1. The smallest absolute Gasteiger partial charge is 0.305 e. The van der Waals surface area contributed by atoms with Gasteiger partial charge in [-0.3, -0.25) is 14.9 Å². The van der Waals surface area contributed by atoms with Crippen LogP contribution in [-0.4, -0.2) is 47.9 Å². The highest BCUT2D eigenvalue weighted by Crippen LogP contribution is 2.24. The Labute approximate surface area is 128 Å². The Balaban J connectivity index is 3.20. The minimum Gasteiger partial charge on any atom is -0.383 e. The van der Waals surface area contributed by atoms with Crippen molar-refractivity contribution in [2.24, 2.45) is 0 Å². The molecule has 0 aromatic heterocycles. The van der Waals surface area contributed by atoms with Crippen molar-refractivity contribution in [3.05, 3.63) is 39.4 Å². The molecule has 0 heterocycles. The molecule has 21 heavy (non-hydrogen) atoms. The summed E-state index contributed by atoms with van der Waals surface area (Å²) in [5, 5.41) is 11.1. The number of halogens is 3. The summed E-state index contributed by atoms with van der Waals surface area (Å²) in [6, 6.07) is 1.39. The average molecular weight is 367 g/mol. The zero-order valence-electron chi connectivity index (χ0n) is 11.1. The van der Waals surface area contributed by atoms with Gasteiger partial charge in [-0.15, -0.1) is 0 Å². The summed E-state index contributed by atoms with van der Waals surface area (Å²) in [6.07, 6.45) is 0. The van der Waals surface area contributed by atoms with Crippen LogP contribution in [0.2, 0.25) is 0 Å². The summed E-state index contributed by atoms with van der Waals surface area (Å²) in [6.45, 7) is 0.475. The first kappa shape index (κ1) is 17.4. The highest BCUT2D eigenvalue weighted by molar-refractivity contribution is 9.09. The number of benzene rings is 1. The molecule has 116 valence electrons. The number of hydrogen-bond donors (Lipinski definition) is 0. The van der Waals surface area contributed by atoms with E-state index in [0.29, 0.717) is 17.5 Å². The van der Waals surface area contributed by atoms with E-state index in [1.165, 1.54) is 7.11 Å². The fourth-order valence-electron chi connectivity index (χ4n) is 1.66. The predicted molar refractivity (Wildman–Crippen MR) is 74.6 cm³/mol. The lowest BCUT2D eigenvalue weighted by Crippen LogP contribution is -2.36. The van der Waals surface area contributed by atoms with Crippen molar-refractivity contribution in [3.8, 4) is 0 Å². The summed E-state index contributed by atoms with van der Waals surface area (Å²) < 4.78 is 32.5. The van der Waals surface area contributed by atoms with Crippen molar-refractivity contribution in [2.45, 2.75) is 0 Å². The Morgan fingerprint density at radius 3 is 2.62 bits per heavy atom. The quantitative estimate of drug-likeness (QED) is 0.421. The van der Waals surface area contributed by atoms with E-state index < -0.39 is 33.7 Å². The van der Waals surface area contributed by atoms with Gasteiger partial charge in [0.2, 0.25) is 5.82 Å². The van der Waals surface area contributed by atoms with E-state index in [2.05, 4.69) is 15.9 Å². The molecule has 0 saturated carbocycles. The molecular weight excluding hydrogens is 354 g/mol. The highest BCUT2D eigenvalue weighted by atomic mass is 79.9. The molecule has 0 fully saturated rings. The Morgan fingerprint density at radius 1 is 1.43 bits per heavy atom. The molecule has 0 bridgehead atoms. The Bertz CT molecular complexity index is 542. The largest absolute Gasteiger partial charge is 0.383 e. The van der Waals surface area contributed by atoms with Crippen molar-refractivity contribution in [2.75, 3.05) is 32.1 Å². The fraction of sp³-hybridized carbons (Fsp3) is 0.417. The second-order valence-electron chi connectivity index (χ2n) is 3.99. The zero-order valence-corrected chi connectivity index (χ0v) is 12.7. The third-order valence-electron chi connectivity index (χ3n) is 2.69. The summed E-state index contributed by atoms with van der Waals surface area (Å²) in [5.41, 5.74) is -1.87. The number of carbonyl (C=O) groups is 1. The van der Waals surface area contributed by atoms with Crippen LogP contribution in [0.25, 0.3) is 0 Å². The Morgan fingerprint density at radius 2 is 2.10 bits per heavy atom. The molecule has 0 aliphatic rings. The Kier molecular flexibility index (Phi) is 6.63. The maximum absolute atomic E-state index is 14.0. The minimum atomic E-state index is -1.47. The molecule has 0 unspecified atom stereocenters. The molecular formula is C12H13BrF2N2O4. The molecule has 1 amide bonds. The molecule has 1 rings (SSSR count). The van der Waals surface area contributed by atoms with E-state index in [1.807, 2.05) is 0 Å². The third kappa shape index (κ3) is 4.18. The lowest BCUT2D eigenvalue weighted by atomic mass is 10.1. The summed E-state index contributed by atoms with van der Waals surface area (Å²) in [5.74, 6) is -3.56. The third-order valence-corrected chi connectivity index (χ3v) is 3.04. The molecule has 0 aliphatic heterocycles. The predicted octanol–water partition coefficient (Wildman–Crippen LogP) is 2.36. The Hall–Kier alpha value is -1.61. The summed E-state index contributed by atoms with van der Waals surface area (Å²) in [7, 11) is 1.42. The lowest BCUT2D eigenvalue weighted by molar-refractivity contribution is -0.387. The van der Waals surface area contributed by atoms with Crippen LogP contribution in [0.3, 0.4) is 0 Å². The number of methoxy groups -OCH3 is 1. The normalized spacial score (nSPS) is 10.5. The average Bonchev–Trinajstić information content (AvgIpc) is 2.42. The van der Waals surface area contributed by atoms with E-state index in [9.17, 15) is 23.7 Å². The first-order chi connectivity index (χ1) is 9.93. The summed E-state index contributed by atoms with van der Waals surface area (Å²) >= 11 is 3.13. The van der Waals surface area contributed by atoms with Crippen LogP contribution < -0.4 is 0 Å². The van der Waals surface area contributed by atoms with Gasteiger partial charge in [0.05, 0.1) is 11.5 Å². The molecule has 0 spiro atoms. The lowest BCUT2D eigenvalue weighted by Gasteiger charge is -2.21. The van der Waals surface area contributed by atoms with Gasteiger partial charge in [-0.2, -0.15) is 4.39 Å². The molecule has 1 aromatic carbocycles. The van der Waals surface area contributed by atoms with Crippen LogP contribution in [0.15, 0.2) is 12.1 Å². The van der Waals surface area contributed by atoms with Gasteiger partial charge < -0.3 is 9.64 Å². The maximum atomic E-state index is 14.0. The number of amides is 1. The monoisotopic (exact) mass is 366 g/mol. The fourth-order valence-corrected chi connectivity index (χ4v) is 2.08. The van der Waals surface area contributed by atoms with Crippen LogP contribution in [-0.2, 0) is 4.74 Å². The van der Waals surface area contributed by atoms with Gasteiger partial charge in [-0.25, -0.2) is 4.39 Å². The van der Waals surface area contributed by atoms with Crippen LogP contribution >= 0.6 is 15.9 Å². The van der Waals surface area contributed by atoms with Gasteiger partial charge in [0.1, 0.15) is 11.4 Å². The van der Waals surface area contributed by atoms with E-state index in [-0.39, 0.29) is 19.7 Å². The van der Waals surface area contributed by atoms with Crippen LogP contribution in [0, 0.1) is 21.7 Å². The molecule has 0 radical (unpaired) electrons. The second kappa shape index (κ2) is 7.99. The van der Waals surface area contributed by atoms with Crippen molar-refractivity contribution in [1.82, 2.24) is 4.90 Å². The van der Waals surface area contributed by atoms with Crippen molar-refractivity contribution in [3.63, 3.8) is 0 Å². The number of rotatable bonds is 7. The van der Waals surface area contributed by atoms with Gasteiger partial charge in [-0.05, 0) is 6.07 Å². The van der Waals surface area contributed by atoms with E-state index in [0.717, 1.165) is 4.90 Å². The number of alkyl halides is 1. The van der Waals surface area contributed by atoms with Crippen LogP contribution in [0.1, 0.15) is 10.4 Å². The first-order valence-corrected chi connectivity index (χ1v) is 7.02. The number of nitro groups is 1. The number of ether oxygens (including phenoxy) is 1. The second-order valence-corrected chi connectivity index (χ2v) is 4.78. The highest BCUT2D eigenvalue weighted by Gasteiger charge is 2.29. The summed E-state index contributed by atoms with van der Waals surface area (Å²) in [4.78, 5) is 23.0. The van der Waals surface area contributed by atoms with Gasteiger partial charge in [-0.1, -0.05) is 15.9 Å². The SMILES string of the molecule is COCCN(CCBr)C(=O)c1c(F)ccc([N+](=O)[O-])c1F. The molecule has 0 aliphatic carbocycles. The van der Waals surface area contributed by atoms with Crippen LogP contribution in [0.4, 0.5) is 14.5 Å². The van der Waals surface area contributed by atoms with Gasteiger partial charge in [0.25, 0.3) is 5.91 Å². The van der Waals surface area contributed by atoms with E-state index >= 15 is 0 Å². The van der Waals surface area contributed by atoms with E-state index in [1.54, 1.807) is 0 Å². The van der Waals surface area contributed by atoms with Crippen molar-refractivity contribution < 1.29 is 23.2 Å². The zero-order chi connectivity index (χ0) is 16.0. The van der Waals surface area contributed by atoms with Crippen molar-refractivity contribution in [1.29, 1.82) is 0 Å². The molecule has 1 aromatic rings. The van der Waals surface area contributed by atoms with Gasteiger partial charge >= 0.3 is 5.69 Å². The van der Waals surface area contributed by atoms with E-state index in [4.69, 9.17) is 4.74 Å². The molecule has 9 heteroatoms. The first-order valence-electron chi connectivity index (χ1n) is 5.90. The molecule has 0 N–H and O–H groups in total. The number of hydrogen-bond acceptors (Lipinski definition) is 4. The van der Waals surface area contributed by atoms with Crippen molar-refractivity contribution >= 4 is 27.5 Å². The topological polar surface area (TPSA) is 72.7 Å². The molecule has 6 nitrogen and oxygen atoms in total. The number of carbonyl (C=O) groups excluding carboxylic acids is 1. The minimum absolute atomic E-state index is 0.114. The van der Waals surface area contributed by atoms with Gasteiger partial charge in [0, 0.05) is 31.6 Å². The van der Waals surface area contributed by atoms with Gasteiger partial charge in [0.15, 0.2) is 0 Å². The molecule has 0 atom stereocenters. The number of nitrogens with zero attached hydrogens (tertiary/aromatic N) is 2. The standard InChI is InChI=1S/C12H13BrF2N2O4/c1-21-7-6-16(5-4-13)12(18)10-8(14)2-3-9(11(10)15)17(19)20/h2-3H,4-7H2,1H3. The maximum Gasteiger partial charge on any atom is 0.305 e. The van der Waals surface area contributed by atoms with Crippen LogP contribution in [0.5, 0.6) is 0 Å².